The Bertz CT molecular complexity index is 178. The van der Waals surface area contributed by atoms with E-state index in [1.165, 1.54) is 5.54 Å². The van der Waals surface area contributed by atoms with Crippen molar-refractivity contribution in [2.75, 3.05) is 13.1 Å². The molecule has 0 fully saturated rings. The lowest BCUT2D eigenvalue weighted by Crippen LogP contribution is -2.40. The quantitative estimate of drug-likeness (QED) is 0.632. The number of primary amides is 1. The van der Waals surface area contributed by atoms with Crippen molar-refractivity contribution in [2.45, 2.75) is 13.8 Å². The number of rotatable bonds is 5. The monoisotopic (exact) mass is 190 g/mol. The normalized spacial score (nSPS) is 12.2. The van der Waals surface area contributed by atoms with Crippen LogP contribution in [0.3, 0.4) is 0 Å². The Hall–Kier alpha value is -0.540. The molecule has 70 valence electrons. The molecule has 3 nitrogen and oxygen atoms in total. The Kier molecular flexibility index (Phi) is 4.93. The van der Waals surface area contributed by atoms with Crippen LogP contribution < -0.4 is 11.1 Å². The van der Waals surface area contributed by atoms with Gasteiger partial charge < -0.3 is 11.1 Å². The van der Waals surface area contributed by atoms with Gasteiger partial charge in [-0.25, -0.2) is 0 Å². The van der Waals surface area contributed by atoms with E-state index in [2.05, 4.69) is 5.32 Å². The maximum absolute atomic E-state index is 10.8. The lowest BCUT2D eigenvalue weighted by atomic mass is 9.93. The van der Waals surface area contributed by atoms with E-state index < -0.39 is 5.41 Å². The third-order valence-electron chi connectivity index (χ3n) is 1.59. The van der Waals surface area contributed by atoms with Crippen molar-refractivity contribution >= 4 is 17.5 Å². The first-order valence-corrected chi connectivity index (χ1v) is 4.20. The highest BCUT2D eigenvalue weighted by atomic mass is 35.5. The van der Waals surface area contributed by atoms with Crippen molar-refractivity contribution in [1.82, 2.24) is 5.32 Å². The molecule has 0 aliphatic carbocycles. The van der Waals surface area contributed by atoms with E-state index in [9.17, 15) is 4.79 Å². The van der Waals surface area contributed by atoms with Gasteiger partial charge in [0.2, 0.25) is 5.91 Å². The van der Waals surface area contributed by atoms with Gasteiger partial charge in [0.15, 0.2) is 0 Å². The molecular weight excluding hydrogens is 176 g/mol. The molecule has 0 aliphatic heterocycles. The van der Waals surface area contributed by atoms with Gasteiger partial charge in [0.05, 0.1) is 5.41 Å². The van der Waals surface area contributed by atoms with Crippen LogP contribution in [0, 0.1) is 5.41 Å². The molecule has 0 unspecified atom stereocenters. The summed E-state index contributed by atoms with van der Waals surface area (Å²) in [6.07, 6.45) is 1.76. The van der Waals surface area contributed by atoms with E-state index in [-0.39, 0.29) is 5.91 Å². The molecule has 1 amide bonds. The van der Waals surface area contributed by atoms with Crippen LogP contribution in [0.2, 0.25) is 0 Å². The molecular formula is C8H15ClN2O. The molecule has 0 aromatic carbocycles. The topological polar surface area (TPSA) is 55.1 Å². The van der Waals surface area contributed by atoms with Crippen LogP contribution in [0.1, 0.15) is 13.8 Å². The van der Waals surface area contributed by atoms with Crippen molar-refractivity contribution in [3.63, 3.8) is 0 Å². The second kappa shape index (κ2) is 5.17. The zero-order chi connectivity index (χ0) is 9.61. The zero-order valence-electron chi connectivity index (χ0n) is 7.43. The van der Waals surface area contributed by atoms with E-state index in [4.69, 9.17) is 17.3 Å². The number of carbonyl (C=O) groups is 1. The van der Waals surface area contributed by atoms with Gasteiger partial charge in [-0.05, 0) is 13.8 Å². The first-order valence-electron chi connectivity index (χ1n) is 3.76. The van der Waals surface area contributed by atoms with Gasteiger partial charge in [-0.1, -0.05) is 17.7 Å². The molecule has 0 aromatic heterocycles. The Labute approximate surface area is 78.0 Å². The van der Waals surface area contributed by atoms with Crippen LogP contribution in [0.5, 0.6) is 0 Å². The number of carbonyl (C=O) groups excluding carboxylic acids is 1. The summed E-state index contributed by atoms with van der Waals surface area (Å²) in [4.78, 5) is 10.8. The molecule has 0 atom stereocenters. The van der Waals surface area contributed by atoms with Crippen LogP contribution in [0.4, 0.5) is 0 Å². The third kappa shape index (κ3) is 4.36. The van der Waals surface area contributed by atoms with Gasteiger partial charge in [0.25, 0.3) is 0 Å². The van der Waals surface area contributed by atoms with Crippen LogP contribution in [-0.4, -0.2) is 19.0 Å². The zero-order valence-corrected chi connectivity index (χ0v) is 8.19. The van der Waals surface area contributed by atoms with Gasteiger partial charge in [-0.15, -0.1) is 0 Å². The number of hydrogen-bond donors (Lipinski definition) is 2. The summed E-state index contributed by atoms with van der Waals surface area (Å²) in [6, 6.07) is 0. The fourth-order valence-corrected chi connectivity index (χ4v) is 0.689. The standard InChI is InChI=1S/C8H15ClN2O/c1-8(2,7(10)12)6-11-5-3-4-9/h3-4,11H,5-6H2,1-2H3,(H2,10,12)/b4-3+. The van der Waals surface area contributed by atoms with Crippen LogP contribution in [0.15, 0.2) is 11.6 Å². The minimum Gasteiger partial charge on any atom is -0.369 e. The maximum atomic E-state index is 10.8. The second-order valence-electron chi connectivity index (χ2n) is 3.24. The van der Waals surface area contributed by atoms with Gasteiger partial charge in [0, 0.05) is 18.6 Å². The van der Waals surface area contributed by atoms with Crippen LogP contribution in [0.25, 0.3) is 0 Å². The Balaban J connectivity index is 3.69. The highest BCUT2D eigenvalue weighted by molar-refractivity contribution is 6.25. The van der Waals surface area contributed by atoms with E-state index in [1.807, 2.05) is 0 Å². The molecule has 0 rings (SSSR count). The molecule has 4 heteroatoms. The average Bonchev–Trinajstić information content (AvgIpc) is 1.98. The lowest BCUT2D eigenvalue weighted by Gasteiger charge is -2.20. The first kappa shape index (κ1) is 11.5. The SMILES string of the molecule is CC(C)(CNC/C=C/Cl)C(N)=O. The average molecular weight is 191 g/mol. The van der Waals surface area contributed by atoms with Gasteiger partial charge >= 0.3 is 0 Å². The largest absolute Gasteiger partial charge is 0.369 e. The Morgan fingerprint density at radius 2 is 2.25 bits per heavy atom. The maximum Gasteiger partial charge on any atom is 0.224 e. The molecule has 0 spiro atoms. The molecule has 12 heavy (non-hydrogen) atoms. The van der Waals surface area contributed by atoms with Gasteiger partial charge in [-0.3, -0.25) is 4.79 Å². The highest BCUT2D eigenvalue weighted by Gasteiger charge is 2.23. The Morgan fingerprint density at radius 1 is 1.67 bits per heavy atom. The summed E-state index contributed by atoms with van der Waals surface area (Å²) in [6.45, 7) is 4.81. The molecule has 0 saturated carbocycles. The summed E-state index contributed by atoms with van der Waals surface area (Å²) in [7, 11) is 0. The van der Waals surface area contributed by atoms with Crippen molar-refractivity contribution in [3.05, 3.63) is 11.6 Å². The molecule has 0 saturated heterocycles. The summed E-state index contributed by atoms with van der Waals surface area (Å²) in [5.41, 5.74) is 6.10. The van der Waals surface area contributed by atoms with Gasteiger partial charge in [0.1, 0.15) is 0 Å². The van der Waals surface area contributed by atoms with Crippen molar-refractivity contribution in [2.24, 2.45) is 11.1 Å². The highest BCUT2D eigenvalue weighted by Crippen LogP contribution is 2.11. The molecule has 3 N–H and O–H groups in total. The minimum absolute atomic E-state index is 0.301. The molecule has 0 radical (unpaired) electrons. The smallest absolute Gasteiger partial charge is 0.224 e. The molecule has 0 aromatic rings. The van der Waals surface area contributed by atoms with Crippen molar-refractivity contribution in [3.8, 4) is 0 Å². The number of nitrogens with two attached hydrogens (primary N) is 1. The fourth-order valence-electron chi connectivity index (χ4n) is 0.600. The molecule has 0 heterocycles. The fraction of sp³-hybridized carbons (Fsp3) is 0.625. The van der Waals surface area contributed by atoms with Crippen LogP contribution >= 0.6 is 11.6 Å². The van der Waals surface area contributed by atoms with E-state index in [0.717, 1.165) is 0 Å². The van der Waals surface area contributed by atoms with E-state index in [0.29, 0.717) is 13.1 Å². The number of amides is 1. The third-order valence-corrected chi connectivity index (χ3v) is 1.76. The molecule has 0 bridgehead atoms. The predicted molar refractivity (Wildman–Crippen MR) is 50.8 cm³/mol. The minimum atomic E-state index is -0.500. The van der Waals surface area contributed by atoms with Gasteiger partial charge in [-0.2, -0.15) is 0 Å². The molecule has 0 aliphatic rings. The van der Waals surface area contributed by atoms with Crippen molar-refractivity contribution < 1.29 is 4.79 Å². The summed E-state index contributed by atoms with van der Waals surface area (Å²) < 4.78 is 0. The van der Waals surface area contributed by atoms with E-state index in [1.54, 1.807) is 19.9 Å². The summed E-state index contributed by atoms with van der Waals surface area (Å²) in [5, 5.41) is 3.04. The number of nitrogens with one attached hydrogen (secondary N) is 1. The number of hydrogen-bond acceptors (Lipinski definition) is 2. The second-order valence-corrected chi connectivity index (χ2v) is 3.49. The van der Waals surface area contributed by atoms with Crippen molar-refractivity contribution in [1.29, 1.82) is 0 Å². The Morgan fingerprint density at radius 3 is 2.67 bits per heavy atom. The summed E-state index contributed by atoms with van der Waals surface area (Å²) in [5.74, 6) is -0.301. The lowest BCUT2D eigenvalue weighted by molar-refractivity contribution is -0.125. The first-order chi connectivity index (χ1) is 5.50. The predicted octanol–water partition coefficient (Wildman–Crippen LogP) is 0.840. The van der Waals surface area contributed by atoms with Crippen LogP contribution in [-0.2, 0) is 4.79 Å². The number of halogens is 1. The van der Waals surface area contributed by atoms with E-state index >= 15 is 0 Å². The summed E-state index contributed by atoms with van der Waals surface area (Å²) >= 11 is 5.30.